The van der Waals surface area contributed by atoms with Crippen molar-refractivity contribution in [2.45, 2.75) is 6.42 Å². The second-order valence-corrected chi connectivity index (χ2v) is 4.76. The minimum Gasteiger partial charge on any atom is -0.354 e. The van der Waals surface area contributed by atoms with Gasteiger partial charge < -0.3 is 16.0 Å². The molecular formula is C17H19N3O2. The van der Waals surface area contributed by atoms with Gasteiger partial charge in [-0.3, -0.25) is 4.79 Å². The predicted molar refractivity (Wildman–Crippen MR) is 86.6 cm³/mol. The van der Waals surface area contributed by atoms with Gasteiger partial charge in [0.2, 0.25) is 5.91 Å². The highest BCUT2D eigenvalue weighted by Crippen LogP contribution is 2.03. The molecule has 0 fully saturated rings. The summed E-state index contributed by atoms with van der Waals surface area (Å²) in [5.41, 5.74) is 1.85. The third kappa shape index (κ3) is 5.66. The van der Waals surface area contributed by atoms with E-state index in [9.17, 15) is 9.59 Å². The van der Waals surface area contributed by atoms with Gasteiger partial charge in [0.1, 0.15) is 0 Å². The highest BCUT2D eigenvalue weighted by molar-refractivity contribution is 5.92. The van der Waals surface area contributed by atoms with Crippen LogP contribution in [0.5, 0.6) is 0 Å². The zero-order chi connectivity index (χ0) is 15.6. The van der Waals surface area contributed by atoms with E-state index >= 15 is 0 Å². The van der Waals surface area contributed by atoms with E-state index < -0.39 is 6.03 Å². The van der Waals surface area contributed by atoms with Crippen LogP contribution in [0.3, 0.4) is 0 Å². The summed E-state index contributed by atoms with van der Waals surface area (Å²) in [6.07, 6.45) is 0.767. The fraction of sp³-hybridized carbons (Fsp3) is 0.176. The fourth-order valence-electron chi connectivity index (χ4n) is 1.91. The first-order valence-corrected chi connectivity index (χ1v) is 7.14. The first kappa shape index (κ1) is 15.6. The van der Waals surface area contributed by atoms with Crippen LogP contribution < -0.4 is 16.0 Å². The van der Waals surface area contributed by atoms with Crippen LogP contribution in [0.1, 0.15) is 5.56 Å². The van der Waals surface area contributed by atoms with Crippen molar-refractivity contribution in [2.75, 3.05) is 18.4 Å². The normalized spacial score (nSPS) is 9.82. The molecule has 0 saturated carbocycles. The predicted octanol–water partition coefficient (Wildman–Crippen LogP) is 2.17. The molecule has 0 atom stereocenters. The molecule has 0 saturated heterocycles. The second-order valence-electron chi connectivity index (χ2n) is 4.76. The molecule has 0 unspecified atom stereocenters. The summed E-state index contributed by atoms with van der Waals surface area (Å²) in [6.45, 7) is 0.498. The Kier molecular flexibility index (Phi) is 5.99. The van der Waals surface area contributed by atoms with Gasteiger partial charge in [-0.1, -0.05) is 48.5 Å². The Bertz CT molecular complexity index is 600. The summed E-state index contributed by atoms with van der Waals surface area (Å²) in [5, 5.41) is 7.94. The van der Waals surface area contributed by atoms with E-state index in [1.54, 1.807) is 12.1 Å². The van der Waals surface area contributed by atoms with Crippen molar-refractivity contribution in [1.29, 1.82) is 0 Å². The minimum atomic E-state index is -0.399. The number of nitrogens with one attached hydrogen (secondary N) is 3. The molecule has 0 aliphatic heterocycles. The van der Waals surface area contributed by atoms with Crippen LogP contribution in [-0.4, -0.2) is 25.0 Å². The van der Waals surface area contributed by atoms with Gasteiger partial charge in [-0.25, -0.2) is 4.79 Å². The van der Waals surface area contributed by atoms with Crippen molar-refractivity contribution in [1.82, 2.24) is 10.6 Å². The number of carbonyl (C=O) groups excluding carboxylic acids is 2. The van der Waals surface area contributed by atoms with Gasteiger partial charge >= 0.3 is 6.03 Å². The maximum atomic E-state index is 11.6. The largest absolute Gasteiger partial charge is 0.354 e. The van der Waals surface area contributed by atoms with Gasteiger partial charge in [0, 0.05) is 12.2 Å². The third-order valence-corrected chi connectivity index (χ3v) is 3.02. The summed E-state index contributed by atoms with van der Waals surface area (Å²) in [4.78, 5) is 23.2. The third-order valence-electron chi connectivity index (χ3n) is 3.02. The van der Waals surface area contributed by atoms with Crippen LogP contribution in [-0.2, 0) is 11.2 Å². The molecule has 0 aliphatic carbocycles. The smallest absolute Gasteiger partial charge is 0.319 e. The Hall–Kier alpha value is -2.82. The molecule has 0 bridgehead atoms. The molecular weight excluding hydrogens is 278 g/mol. The van der Waals surface area contributed by atoms with Crippen LogP contribution in [0.4, 0.5) is 10.5 Å². The zero-order valence-corrected chi connectivity index (χ0v) is 12.2. The number of hydrogen-bond donors (Lipinski definition) is 3. The van der Waals surface area contributed by atoms with Crippen LogP contribution in [0.15, 0.2) is 60.7 Å². The van der Waals surface area contributed by atoms with Crippen LogP contribution >= 0.6 is 0 Å². The number of amides is 3. The number of carbonyl (C=O) groups is 2. The molecule has 3 amide bonds. The first-order valence-electron chi connectivity index (χ1n) is 7.14. The number of anilines is 1. The summed E-state index contributed by atoms with van der Waals surface area (Å²) >= 11 is 0. The molecule has 0 aromatic heterocycles. The van der Waals surface area contributed by atoms with E-state index in [4.69, 9.17) is 0 Å². The summed E-state index contributed by atoms with van der Waals surface area (Å²) in [6, 6.07) is 18.6. The minimum absolute atomic E-state index is 0.0482. The van der Waals surface area contributed by atoms with E-state index in [1.165, 1.54) is 0 Å². The Morgan fingerprint density at radius 1 is 0.818 bits per heavy atom. The van der Waals surface area contributed by atoms with Crippen molar-refractivity contribution in [3.8, 4) is 0 Å². The molecule has 2 aromatic rings. The van der Waals surface area contributed by atoms with E-state index in [2.05, 4.69) is 16.0 Å². The molecule has 0 spiro atoms. The number of hydrogen-bond acceptors (Lipinski definition) is 2. The lowest BCUT2D eigenvalue weighted by Crippen LogP contribution is -2.39. The molecule has 0 heterocycles. The monoisotopic (exact) mass is 297 g/mol. The van der Waals surface area contributed by atoms with Gasteiger partial charge in [-0.15, -0.1) is 0 Å². The highest BCUT2D eigenvalue weighted by Gasteiger charge is 2.05. The van der Waals surface area contributed by atoms with Crippen molar-refractivity contribution in [2.24, 2.45) is 0 Å². The molecule has 5 nitrogen and oxygen atoms in total. The lowest BCUT2D eigenvalue weighted by Gasteiger charge is -2.08. The summed E-state index contributed by atoms with van der Waals surface area (Å²) in [5.74, 6) is -0.209. The van der Waals surface area contributed by atoms with Crippen LogP contribution in [0, 0.1) is 0 Å². The van der Waals surface area contributed by atoms with Crippen molar-refractivity contribution >= 4 is 17.6 Å². The SMILES string of the molecule is O=C(CNC(=O)Nc1ccccc1)NCCc1ccccc1. The van der Waals surface area contributed by atoms with Crippen molar-refractivity contribution in [3.63, 3.8) is 0 Å². The average molecular weight is 297 g/mol. The molecule has 5 heteroatoms. The quantitative estimate of drug-likeness (QED) is 0.764. The van der Waals surface area contributed by atoms with Gasteiger partial charge in [0.15, 0.2) is 0 Å². The lowest BCUT2D eigenvalue weighted by molar-refractivity contribution is -0.120. The molecule has 2 rings (SSSR count). The number of benzene rings is 2. The fourth-order valence-corrected chi connectivity index (χ4v) is 1.91. The second kappa shape index (κ2) is 8.46. The maximum absolute atomic E-state index is 11.6. The lowest BCUT2D eigenvalue weighted by atomic mass is 10.1. The van der Waals surface area contributed by atoms with Crippen LogP contribution in [0.2, 0.25) is 0 Å². The number of para-hydroxylation sites is 1. The first-order chi connectivity index (χ1) is 10.7. The maximum Gasteiger partial charge on any atom is 0.319 e. The highest BCUT2D eigenvalue weighted by atomic mass is 16.2. The standard InChI is InChI=1S/C17H19N3O2/c21-16(18-12-11-14-7-3-1-4-8-14)13-19-17(22)20-15-9-5-2-6-10-15/h1-10H,11-13H2,(H,18,21)(H2,19,20,22). The zero-order valence-electron chi connectivity index (χ0n) is 12.2. The Morgan fingerprint density at radius 3 is 2.14 bits per heavy atom. The van der Waals surface area contributed by atoms with E-state index in [0.717, 1.165) is 12.0 Å². The average Bonchev–Trinajstić information content (AvgIpc) is 2.55. The number of urea groups is 1. The van der Waals surface area contributed by atoms with Gasteiger partial charge in [-0.2, -0.15) is 0 Å². The Labute approximate surface area is 129 Å². The molecule has 22 heavy (non-hydrogen) atoms. The molecule has 0 aliphatic rings. The summed E-state index contributed by atoms with van der Waals surface area (Å²) < 4.78 is 0. The van der Waals surface area contributed by atoms with Gasteiger partial charge in [-0.05, 0) is 24.1 Å². The van der Waals surface area contributed by atoms with E-state index in [-0.39, 0.29) is 12.5 Å². The van der Waals surface area contributed by atoms with Gasteiger partial charge in [0.25, 0.3) is 0 Å². The Balaban J connectivity index is 1.62. The number of rotatable bonds is 6. The van der Waals surface area contributed by atoms with Crippen molar-refractivity contribution in [3.05, 3.63) is 66.2 Å². The molecule has 3 N–H and O–H groups in total. The summed E-state index contributed by atoms with van der Waals surface area (Å²) in [7, 11) is 0. The van der Waals surface area contributed by atoms with Crippen molar-refractivity contribution < 1.29 is 9.59 Å². The van der Waals surface area contributed by atoms with Gasteiger partial charge in [0.05, 0.1) is 6.54 Å². The van der Waals surface area contributed by atoms with E-state index in [1.807, 2.05) is 48.5 Å². The topological polar surface area (TPSA) is 70.2 Å². The van der Waals surface area contributed by atoms with Crippen LogP contribution in [0.25, 0.3) is 0 Å². The molecule has 0 radical (unpaired) electrons. The molecule has 2 aromatic carbocycles. The molecule has 114 valence electrons. The van der Waals surface area contributed by atoms with E-state index in [0.29, 0.717) is 12.2 Å². The Morgan fingerprint density at radius 2 is 1.45 bits per heavy atom.